The molecule has 1 aliphatic rings. The van der Waals surface area contributed by atoms with Crippen molar-refractivity contribution in [1.82, 2.24) is 9.97 Å². The molecule has 70 valence electrons. The highest BCUT2D eigenvalue weighted by Gasteiger charge is 2.13. The van der Waals surface area contributed by atoms with Gasteiger partial charge in [0.15, 0.2) is 0 Å². The smallest absolute Gasteiger partial charge is 0.137 e. The summed E-state index contributed by atoms with van der Waals surface area (Å²) in [5.74, 6) is 0. The highest BCUT2D eigenvalue weighted by molar-refractivity contribution is 5.90. The van der Waals surface area contributed by atoms with Crippen LogP contribution in [0.4, 0.5) is 0 Å². The molecule has 0 aliphatic carbocycles. The van der Waals surface area contributed by atoms with Crippen LogP contribution in [0.1, 0.15) is 5.56 Å². The molecular formula is C11H12N3+. The van der Waals surface area contributed by atoms with Crippen LogP contribution in [0.2, 0.25) is 0 Å². The van der Waals surface area contributed by atoms with Crippen molar-refractivity contribution in [2.24, 2.45) is 0 Å². The van der Waals surface area contributed by atoms with E-state index in [1.54, 1.807) is 0 Å². The summed E-state index contributed by atoms with van der Waals surface area (Å²) in [5.41, 5.74) is 3.71. The van der Waals surface area contributed by atoms with Gasteiger partial charge < -0.3 is 10.3 Å². The molecule has 3 nitrogen and oxygen atoms in total. The van der Waals surface area contributed by atoms with Gasteiger partial charge in [-0.05, 0) is 18.2 Å². The third kappa shape index (κ3) is 1.06. The molecule has 0 saturated carbocycles. The summed E-state index contributed by atoms with van der Waals surface area (Å²) < 4.78 is 0. The van der Waals surface area contributed by atoms with Gasteiger partial charge in [-0.25, -0.2) is 4.98 Å². The minimum Gasteiger partial charge on any atom is -0.346 e. The summed E-state index contributed by atoms with van der Waals surface area (Å²) in [6, 6.07) is 4.10. The molecule has 0 aromatic carbocycles. The van der Waals surface area contributed by atoms with E-state index in [9.17, 15) is 0 Å². The van der Waals surface area contributed by atoms with Crippen LogP contribution in [0.5, 0.6) is 0 Å². The summed E-state index contributed by atoms with van der Waals surface area (Å²) in [7, 11) is 0. The maximum Gasteiger partial charge on any atom is 0.137 e. The lowest BCUT2D eigenvalue weighted by Crippen LogP contribution is -2.81. The highest BCUT2D eigenvalue weighted by atomic mass is 14.9. The number of hydrogen-bond acceptors (Lipinski definition) is 1. The van der Waals surface area contributed by atoms with Crippen LogP contribution in [0.25, 0.3) is 16.6 Å². The van der Waals surface area contributed by atoms with Crippen molar-refractivity contribution < 1.29 is 5.32 Å². The first-order valence-electron chi connectivity index (χ1n) is 4.88. The molecule has 3 heteroatoms. The molecule has 0 spiro atoms. The number of pyridine rings is 1. The fourth-order valence-electron chi connectivity index (χ4n) is 1.99. The minimum atomic E-state index is 0.982. The number of aromatic amines is 1. The van der Waals surface area contributed by atoms with Gasteiger partial charge in [-0.2, -0.15) is 0 Å². The third-order valence-corrected chi connectivity index (χ3v) is 2.69. The molecule has 0 bridgehead atoms. The van der Waals surface area contributed by atoms with Gasteiger partial charge in [0.2, 0.25) is 0 Å². The normalized spacial score (nSPS) is 16.1. The second kappa shape index (κ2) is 2.96. The van der Waals surface area contributed by atoms with Crippen molar-refractivity contribution in [3.63, 3.8) is 0 Å². The lowest BCUT2D eigenvalue weighted by Gasteiger charge is -1.96. The quantitative estimate of drug-likeness (QED) is 0.670. The maximum atomic E-state index is 4.28. The van der Waals surface area contributed by atoms with E-state index in [2.05, 4.69) is 33.6 Å². The topological polar surface area (TPSA) is 45.3 Å². The molecule has 0 atom stereocenters. The first-order chi connectivity index (χ1) is 6.95. The van der Waals surface area contributed by atoms with Gasteiger partial charge in [0, 0.05) is 28.9 Å². The zero-order valence-corrected chi connectivity index (χ0v) is 7.83. The summed E-state index contributed by atoms with van der Waals surface area (Å²) >= 11 is 0. The van der Waals surface area contributed by atoms with Crippen molar-refractivity contribution in [3.8, 4) is 0 Å². The number of aromatic nitrogens is 2. The minimum absolute atomic E-state index is 0.982. The number of H-pyrrole nitrogens is 1. The van der Waals surface area contributed by atoms with Crippen LogP contribution in [0.3, 0.4) is 0 Å². The van der Waals surface area contributed by atoms with Crippen LogP contribution in [0.15, 0.2) is 30.6 Å². The Morgan fingerprint density at radius 1 is 1.43 bits per heavy atom. The predicted octanol–water partition coefficient (Wildman–Crippen LogP) is 0.523. The molecule has 0 radical (unpaired) electrons. The molecule has 2 aromatic heterocycles. The molecule has 0 fully saturated rings. The third-order valence-electron chi connectivity index (χ3n) is 2.69. The lowest BCUT2D eigenvalue weighted by molar-refractivity contribution is -0.628. The average molecular weight is 186 g/mol. The Hall–Kier alpha value is -1.61. The van der Waals surface area contributed by atoms with Gasteiger partial charge in [0.05, 0.1) is 6.54 Å². The monoisotopic (exact) mass is 186 g/mol. The number of quaternary nitrogens is 1. The fourth-order valence-corrected chi connectivity index (χ4v) is 1.99. The van der Waals surface area contributed by atoms with E-state index < -0.39 is 0 Å². The van der Waals surface area contributed by atoms with Crippen LogP contribution in [-0.2, 0) is 0 Å². The summed E-state index contributed by atoms with van der Waals surface area (Å²) in [4.78, 5) is 7.48. The van der Waals surface area contributed by atoms with Crippen molar-refractivity contribution in [3.05, 3.63) is 36.2 Å². The van der Waals surface area contributed by atoms with Gasteiger partial charge in [0.25, 0.3) is 0 Å². The highest BCUT2D eigenvalue weighted by Crippen LogP contribution is 2.23. The second-order valence-electron chi connectivity index (χ2n) is 3.56. The van der Waals surface area contributed by atoms with E-state index >= 15 is 0 Å². The summed E-state index contributed by atoms with van der Waals surface area (Å²) in [6.45, 7) is 2.18. The van der Waals surface area contributed by atoms with Crippen molar-refractivity contribution in [2.75, 3.05) is 13.1 Å². The van der Waals surface area contributed by atoms with E-state index in [4.69, 9.17) is 0 Å². The average Bonchev–Trinajstić information content (AvgIpc) is 2.85. The predicted molar refractivity (Wildman–Crippen MR) is 55.7 cm³/mol. The Labute approximate surface area is 81.9 Å². The van der Waals surface area contributed by atoms with E-state index in [0.29, 0.717) is 0 Å². The van der Waals surface area contributed by atoms with E-state index in [1.165, 1.54) is 16.5 Å². The number of nitrogens with two attached hydrogens (primary N) is 1. The van der Waals surface area contributed by atoms with Crippen molar-refractivity contribution in [1.29, 1.82) is 0 Å². The van der Waals surface area contributed by atoms with Crippen molar-refractivity contribution in [2.45, 2.75) is 0 Å². The van der Waals surface area contributed by atoms with Crippen molar-refractivity contribution >= 4 is 16.6 Å². The molecule has 3 N–H and O–H groups in total. The molecular weight excluding hydrogens is 174 g/mol. The molecule has 1 aliphatic heterocycles. The molecule has 0 amide bonds. The molecule has 3 heterocycles. The lowest BCUT2D eigenvalue weighted by atomic mass is 10.1. The van der Waals surface area contributed by atoms with Crippen LogP contribution in [0, 0.1) is 0 Å². The van der Waals surface area contributed by atoms with Crippen LogP contribution < -0.4 is 5.32 Å². The van der Waals surface area contributed by atoms with E-state index in [-0.39, 0.29) is 0 Å². The molecule has 14 heavy (non-hydrogen) atoms. The molecule has 2 aromatic rings. The maximum absolute atomic E-state index is 4.28. The number of nitrogens with one attached hydrogen (secondary N) is 1. The number of rotatable bonds is 1. The molecule has 3 rings (SSSR count). The molecule has 0 saturated heterocycles. The number of hydrogen-bond donors (Lipinski definition) is 2. The summed E-state index contributed by atoms with van der Waals surface area (Å²) in [6.07, 6.45) is 6.16. The Morgan fingerprint density at radius 3 is 3.29 bits per heavy atom. The largest absolute Gasteiger partial charge is 0.346 e. The first kappa shape index (κ1) is 7.76. The van der Waals surface area contributed by atoms with Gasteiger partial charge >= 0.3 is 0 Å². The van der Waals surface area contributed by atoms with Gasteiger partial charge in [-0.15, -0.1) is 0 Å². The van der Waals surface area contributed by atoms with Gasteiger partial charge in [-0.1, -0.05) is 0 Å². The standard InChI is InChI=1S/C11H11N3/c1-2-9-10(8-3-5-12-6-8)7-14-11(9)13-4-1/h1-4,7,12H,5-6H2,(H,13,14)/p+1. The molecule has 0 unspecified atom stereocenters. The Morgan fingerprint density at radius 2 is 2.43 bits per heavy atom. The Kier molecular flexibility index (Phi) is 1.64. The van der Waals surface area contributed by atoms with E-state index in [0.717, 1.165) is 18.7 Å². The second-order valence-corrected chi connectivity index (χ2v) is 3.56. The number of fused-ring (bicyclic) bond motifs is 1. The fraction of sp³-hybridized carbons (Fsp3) is 0.182. The van der Waals surface area contributed by atoms with Crippen LogP contribution in [-0.4, -0.2) is 23.1 Å². The zero-order valence-electron chi connectivity index (χ0n) is 7.83. The number of nitrogens with zero attached hydrogens (tertiary/aromatic N) is 1. The van der Waals surface area contributed by atoms with Gasteiger partial charge in [-0.3, -0.25) is 0 Å². The Bertz CT molecular complexity index is 496. The van der Waals surface area contributed by atoms with E-state index in [1.807, 2.05) is 12.3 Å². The summed E-state index contributed by atoms with van der Waals surface area (Å²) in [5, 5.41) is 3.53. The first-order valence-corrected chi connectivity index (χ1v) is 4.88. The Balaban J connectivity index is 2.21. The SMILES string of the molecule is C1=C(c2c[nH]c3ncccc23)C[NH2+]C1. The zero-order chi connectivity index (χ0) is 9.38. The van der Waals surface area contributed by atoms with Crippen LogP contribution >= 0.6 is 0 Å². The van der Waals surface area contributed by atoms with Gasteiger partial charge in [0.1, 0.15) is 12.2 Å².